The van der Waals surface area contributed by atoms with Gasteiger partial charge in [0.05, 0.1) is 17.6 Å². The summed E-state index contributed by atoms with van der Waals surface area (Å²) in [4.78, 5) is 28.0. The number of nitrogens with zero attached hydrogens (tertiary/aromatic N) is 1. The molecular weight excluding hydrogens is 490 g/mol. The predicted molar refractivity (Wildman–Crippen MR) is 135 cm³/mol. The molecular formula is C29H31NO8. The van der Waals surface area contributed by atoms with Crippen molar-refractivity contribution >= 4 is 11.9 Å². The summed E-state index contributed by atoms with van der Waals surface area (Å²) in [6, 6.07) is 12.0. The lowest BCUT2D eigenvalue weighted by atomic mass is 9.50. The molecule has 2 aliphatic carbocycles. The number of aromatic hydroxyl groups is 1. The fraction of sp³-hybridized carbons (Fsp3) is 0.448. The summed E-state index contributed by atoms with van der Waals surface area (Å²) in [5.74, 6) is -1.92. The summed E-state index contributed by atoms with van der Waals surface area (Å²) in [5, 5.41) is 32.6. The average molecular weight is 522 g/mol. The van der Waals surface area contributed by atoms with Crippen LogP contribution in [0.5, 0.6) is 11.5 Å². The van der Waals surface area contributed by atoms with Crippen LogP contribution in [0, 0.1) is 0 Å². The fourth-order valence-corrected chi connectivity index (χ4v) is 6.94. The van der Waals surface area contributed by atoms with E-state index in [1.165, 1.54) is 6.92 Å². The van der Waals surface area contributed by atoms with Crippen LogP contribution in [0.25, 0.3) is 0 Å². The van der Waals surface area contributed by atoms with Gasteiger partial charge in [-0.25, -0.2) is 4.79 Å². The number of benzene rings is 2. The molecule has 2 heterocycles. The number of ether oxygens (including phenoxy) is 3. The smallest absolute Gasteiger partial charge is 0.352 e. The van der Waals surface area contributed by atoms with Gasteiger partial charge in [-0.3, -0.25) is 4.79 Å². The average Bonchev–Trinajstić information content (AvgIpc) is 3.26. The van der Waals surface area contributed by atoms with Crippen LogP contribution < -0.4 is 4.74 Å². The number of carbonyl (C=O) groups is 2. The third-order valence-corrected chi connectivity index (χ3v) is 8.87. The van der Waals surface area contributed by atoms with Crippen LogP contribution >= 0.6 is 0 Å². The molecule has 2 unspecified atom stereocenters. The molecule has 0 amide bonds. The third kappa shape index (κ3) is 3.35. The summed E-state index contributed by atoms with van der Waals surface area (Å²) < 4.78 is 17.4. The number of aliphatic hydroxyl groups is 2. The Morgan fingerprint density at radius 1 is 1.18 bits per heavy atom. The normalized spacial score (nSPS) is 30.4. The van der Waals surface area contributed by atoms with Crippen molar-refractivity contribution in [2.45, 2.75) is 61.4 Å². The maximum absolute atomic E-state index is 13.1. The van der Waals surface area contributed by atoms with Gasteiger partial charge in [0.2, 0.25) is 0 Å². The number of aliphatic hydroxyl groups excluding tert-OH is 1. The van der Waals surface area contributed by atoms with E-state index in [1.54, 1.807) is 42.5 Å². The highest BCUT2D eigenvalue weighted by Crippen LogP contribution is 2.65. The summed E-state index contributed by atoms with van der Waals surface area (Å²) >= 11 is 0. The SMILES string of the molecule is C[C@H](OC(=O)[C@@H](CO)c1ccccc1)C(=O)OC1=CC[C@@]2(O)[C@H]3Cc4ccc(O)c5c4C2(CCN3C)C1O5. The molecule has 2 aliphatic heterocycles. The second-order valence-corrected chi connectivity index (χ2v) is 10.7. The first-order chi connectivity index (χ1) is 18.2. The third-order valence-electron chi connectivity index (χ3n) is 8.87. The number of piperidine rings is 1. The first-order valence-corrected chi connectivity index (χ1v) is 12.9. The Kier molecular flexibility index (Phi) is 5.79. The number of likely N-dealkylation sites (tertiary alicyclic amines) is 1. The van der Waals surface area contributed by atoms with Crippen molar-refractivity contribution in [2.75, 3.05) is 20.2 Å². The molecule has 2 bridgehead atoms. The Morgan fingerprint density at radius 3 is 2.68 bits per heavy atom. The fourth-order valence-electron chi connectivity index (χ4n) is 6.94. The van der Waals surface area contributed by atoms with Crippen LogP contribution in [0.3, 0.4) is 0 Å². The molecule has 4 aliphatic rings. The van der Waals surface area contributed by atoms with Crippen molar-refractivity contribution < 1.29 is 39.1 Å². The zero-order valence-corrected chi connectivity index (χ0v) is 21.3. The summed E-state index contributed by atoms with van der Waals surface area (Å²) in [6.07, 6.45) is 1.03. The minimum Gasteiger partial charge on any atom is -0.504 e. The van der Waals surface area contributed by atoms with Crippen LogP contribution in [-0.2, 0) is 30.9 Å². The van der Waals surface area contributed by atoms with Gasteiger partial charge < -0.3 is 34.4 Å². The number of phenolic OH excluding ortho intramolecular Hbond substituents is 1. The molecule has 2 aromatic carbocycles. The molecule has 1 saturated heterocycles. The topological polar surface area (TPSA) is 126 Å². The Morgan fingerprint density at radius 2 is 1.95 bits per heavy atom. The molecule has 1 spiro atoms. The highest BCUT2D eigenvalue weighted by atomic mass is 16.6. The van der Waals surface area contributed by atoms with Gasteiger partial charge in [-0.05, 0) is 56.6 Å². The largest absolute Gasteiger partial charge is 0.504 e. The highest BCUT2D eigenvalue weighted by Gasteiger charge is 2.72. The second kappa shape index (κ2) is 8.83. The van der Waals surface area contributed by atoms with Crippen molar-refractivity contribution in [3.63, 3.8) is 0 Å². The molecule has 0 saturated carbocycles. The van der Waals surface area contributed by atoms with E-state index in [1.807, 2.05) is 13.1 Å². The number of carbonyl (C=O) groups excluding carboxylic acids is 2. The first kappa shape index (κ1) is 24.9. The number of hydrogen-bond donors (Lipinski definition) is 3. The monoisotopic (exact) mass is 521 g/mol. The Hall–Kier alpha value is -3.40. The second-order valence-electron chi connectivity index (χ2n) is 10.7. The van der Waals surface area contributed by atoms with Gasteiger partial charge in [-0.2, -0.15) is 0 Å². The van der Waals surface area contributed by atoms with Crippen molar-refractivity contribution in [3.05, 3.63) is 71.0 Å². The molecule has 0 aromatic heterocycles. The molecule has 6 rings (SSSR count). The van der Waals surface area contributed by atoms with Gasteiger partial charge in [0.15, 0.2) is 23.7 Å². The molecule has 9 heteroatoms. The minimum atomic E-state index is -1.25. The van der Waals surface area contributed by atoms with Crippen molar-refractivity contribution in [1.82, 2.24) is 4.90 Å². The van der Waals surface area contributed by atoms with Crippen LogP contribution in [0.4, 0.5) is 0 Å². The van der Waals surface area contributed by atoms with E-state index >= 15 is 0 Å². The number of likely N-dealkylation sites (N-methyl/N-ethyl adjacent to an activating group) is 1. The van der Waals surface area contributed by atoms with Crippen LogP contribution in [0.2, 0.25) is 0 Å². The minimum absolute atomic E-state index is 0.0174. The predicted octanol–water partition coefficient (Wildman–Crippen LogP) is 1.92. The lowest BCUT2D eigenvalue weighted by molar-refractivity contribution is -0.176. The number of hydrogen-bond acceptors (Lipinski definition) is 9. The van der Waals surface area contributed by atoms with Crippen LogP contribution in [0.1, 0.15) is 42.4 Å². The molecule has 200 valence electrons. The van der Waals surface area contributed by atoms with Gasteiger partial charge in [0.1, 0.15) is 11.7 Å². The molecule has 0 radical (unpaired) electrons. The van der Waals surface area contributed by atoms with E-state index in [9.17, 15) is 24.9 Å². The maximum Gasteiger partial charge on any atom is 0.352 e. The lowest BCUT2D eigenvalue weighted by Crippen LogP contribution is -2.74. The number of phenols is 1. The van der Waals surface area contributed by atoms with E-state index in [2.05, 4.69) is 4.90 Å². The van der Waals surface area contributed by atoms with Gasteiger partial charge in [0, 0.05) is 18.0 Å². The van der Waals surface area contributed by atoms with Crippen molar-refractivity contribution in [1.29, 1.82) is 0 Å². The Bertz CT molecular complexity index is 1330. The van der Waals surface area contributed by atoms with Gasteiger partial charge in [0.25, 0.3) is 0 Å². The van der Waals surface area contributed by atoms with Gasteiger partial charge >= 0.3 is 11.9 Å². The number of esters is 2. The van der Waals surface area contributed by atoms with Gasteiger partial charge in [-0.15, -0.1) is 0 Å². The van der Waals surface area contributed by atoms with Crippen molar-refractivity contribution in [2.24, 2.45) is 0 Å². The molecule has 9 nitrogen and oxygen atoms in total. The van der Waals surface area contributed by atoms with E-state index in [0.717, 1.165) is 11.1 Å². The van der Waals surface area contributed by atoms with E-state index in [4.69, 9.17) is 14.2 Å². The quantitative estimate of drug-likeness (QED) is 0.489. The van der Waals surface area contributed by atoms with E-state index in [-0.39, 0.29) is 24.0 Å². The van der Waals surface area contributed by atoms with E-state index < -0.39 is 47.7 Å². The van der Waals surface area contributed by atoms with Crippen LogP contribution in [-0.4, -0.2) is 76.2 Å². The Labute approximate surface area is 220 Å². The summed E-state index contributed by atoms with van der Waals surface area (Å²) in [6.45, 7) is 1.66. The number of rotatable bonds is 6. The molecule has 2 aromatic rings. The molecule has 38 heavy (non-hydrogen) atoms. The lowest BCUT2D eigenvalue weighted by Gasteiger charge is -2.61. The zero-order chi connectivity index (χ0) is 26.8. The van der Waals surface area contributed by atoms with Crippen LogP contribution in [0.15, 0.2) is 54.3 Å². The molecule has 1 fully saturated rings. The van der Waals surface area contributed by atoms with Crippen molar-refractivity contribution in [3.8, 4) is 11.5 Å². The highest BCUT2D eigenvalue weighted by molar-refractivity contribution is 5.83. The first-order valence-electron chi connectivity index (χ1n) is 12.9. The standard InChI is InChI=1S/C29H31NO8/c1-16(36-27(34)19(15-31)17-6-4-3-5-7-17)26(33)37-21-10-11-29(35)22-14-18-8-9-20(32)24-23(18)28(29,25(21)38-24)12-13-30(22)2/h3-10,16,19,22,25,31-32,35H,11-15H2,1-2H3/t16-,19-,22+,25?,28?,29+/m0/s1. The van der Waals surface area contributed by atoms with Gasteiger partial charge in [-0.1, -0.05) is 36.4 Å². The summed E-state index contributed by atoms with van der Waals surface area (Å²) in [7, 11) is 2.00. The van der Waals surface area contributed by atoms with E-state index in [0.29, 0.717) is 30.7 Å². The Balaban J connectivity index is 1.26. The molecule has 3 N–H and O–H groups in total. The molecule has 6 atom stereocenters. The summed E-state index contributed by atoms with van der Waals surface area (Å²) in [5.41, 5.74) is 0.326. The zero-order valence-electron chi connectivity index (χ0n) is 21.3. The maximum atomic E-state index is 13.1.